The highest BCUT2D eigenvalue weighted by atomic mass is 16.7. The van der Waals surface area contributed by atoms with E-state index in [1.165, 1.54) is 141 Å². The molecule has 3 aromatic carbocycles. The van der Waals surface area contributed by atoms with Gasteiger partial charge in [0, 0.05) is 0 Å². The number of fused-ring (bicyclic) bond motifs is 1. The molecule has 456 valence electrons. The van der Waals surface area contributed by atoms with Crippen LogP contribution in [0.4, 0.5) is 0 Å². The smallest absolute Gasteiger partial charge is 0.338 e. The third-order valence-corrected chi connectivity index (χ3v) is 15.5. The largest absolute Gasteiger partial charge is 0.494 e. The maximum atomic E-state index is 14.3. The van der Waals surface area contributed by atoms with E-state index in [2.05, 4.69) is 35.7 Å². The number of carbonyl (C=O) groups excluding carboxylic acids is 3. The van der Waals surface area contributed by atoms with Gasteiger partial charge in [0.25, 0.3) is 5.56 Å². The van der Waals surface area contributed by atoms with Gasteiger partial charge in [-0.25, -0.2) is 28.7 Å². The summed E-state index contributed by atoms with van der Waals surface area (Å²) in [5, 5.41) is 0. The molecule has 1 aliphatic heterocycles. The molecule has 2 aromatic heterocycles. The number of carbonyl (C=O) groups is 3. The average Bonchev–Trinajstić information content (AvgIpc) is 4.26. The molecule has 0 amide bonds. The number of aromatic amines is 2. The zero-order valence-electron chi connectivity index (χ0n) is 50.1. The van der Waals surface area contributed by atoms with Gasteiger partial charge in [0.2, 0.25) is 0 Å². The molecule has 1 fully saturated rings. The Bertz CT molecular complexity index is 2720. The first-order valence-corrected chi connectivity index (χ1v) is 31.8. The number of benzene rings is 3. The van der Waals surface area contributed by atoms with Crippen LogP contribution in [0.5, 0.6) is 17.2 Å². The molecule has 0 unspecified atom stereocenters. The van der Waals surface area contributed by atoms with Crippen molar-refractivity contribution in [2.24, 2.45) is 0 Å². The highest BCUT2D eigenvalue weighted by Gasteiger charge is 2.52. The van der Waals surface area contributed by atoms with Crippen LogP contribution in [-0.4, -0.2) is 82.2 Å². The lowest BCUT2D eigenvalue weighted by Crippen LogP contribution is -2.42. The van der Waals surface area contributed by atoms with E-state index < -0.39 is 60.3 Å². The van der Waals surface area contributed by atoms with E-state index in [-0.39, 0.29) is 27.9 Å². The summed E-state index contributed by atoms with van der Waals surface area (Å²) in [6, 6.07) is 19.6. The molecule has 3 heterocycles. The number of nitrogens with one attached hydrogen (secondary N) is 2. The number of hydrogen-bond acceptors (Lipinski definition) is 13. The molecule has 0 saturated carbocycles. The Kier molecular flexibility index (Phi) is 30.4. The van der Waals surface area contributed by atoms with Crippen molar-refractivity contribution in [1.82, 2.24) is 19.5 Å². The molecule has 0 bridgehead atoms. The fraction of sp³-hybridized carbons (Fsp3) is 0.612. The third kappa shape index (κ3) is 22.9. The second-order valence-electron chi connectivity index (χ2n) is 22.3. The van der Waals surface area contributed by atoms with Crippen molar-refractivity contribution in [2.75, 3.05) is 26.4 Å². The summed E-state index contributed by atoms with van der Waals surface area (Å²) in [6.45, 7) is 7.83. The van der Waals surface area contributed by atoms with Gasteiger partial charge in [0.05, 0.1) is 42.8 Å². The van der Waals surface area contributed by atoms with Crippen molar-refractivity contribution in [3.63, 3.8) is 0 Å². The Morgan fingerprint density at radius 1 is 0.470 bits per heavy atom. The Balaban J connectivity index is 1.13. The van der Waals surface area contributed by atoms with Crippen LogP contribution in [0, 0.1) is 0 Å². The number of ether oxygens (including phenoxy) is 7. The van der Waals surface area contributed by atoms with Crippen LogP contribution in [0.3, 0.4) is 0 Å². The van der Waals surface area contributed by atoms with Crippen molar-refractivity contribution in [3.05, 3.63) is 117 Å². The molecular weight excluding hydrogens is 1050 g/mol. The average molecular weight is 1150 g/mol. The first-order valence-electron chi connectivity index (χ1n) is 31.8. The van der Waals surface area contributed by atoms with E-state index in [0.29, 0.717) is 37.1 Å². The van der Waals surface area contributed by atoms with E-state index >= 15 is 0 Å². The number of unbranched alkanes of at least 4 members (excludes halogenated alkanes) is 27. The number of H-pyrrole nitrogens is 2. The molecule has 5 aromatic rings. The summed E-state index contributed by atoms with van der Waals surface area (Å²) in [6.07, 6.45) is 31.7. The van der Waals surface area contributed by atoms with Gasteiger partial charge >= 0.3 is 23.6 Å². The lowest BCUT2D eigenvalue weighted by molar-refractivity contribution is -0.0618. The minimum atomic E-state index is -1.55. The number of hydrogen-bond donors (Lipinski definition) is 2. The van der Waals surface area contributed by atoms with Crippen molar-refractivity contribution in [1.29, 1.82) is 0 Å². The van der Waals surface area contributed by atoms with Gasteiger partial charge in [-0.05, 0) is 92.1 Å². The Morgan fingerprint density at radius 2 is 0.819 bits per heavy atom. The summed E-state index contributed by atoms with van der Waals surface area (Å²) < 4.78 is 43.8. The number of nitrogens with zero attached hydrogens (tertiary/aromatic N) is 2. The van der Waals surface area contributed by atoms with E-state index in [1.54, 1.807) is 72.8 Å². The van der Waals surface area contributed by atoms with Crippen molar-refractivity contribution < 1.29 is 47.5 Å². The van der Waals surface area contributed by atoms with E-state index in [4.69, 9.17) is 33.2 Å². The Hall–Kier alpha value is -6.42. The topological polar surface area (TPSA) is 199 Å². The quantitative estimate of drug-likeness (QED) is 0.0212. The third-order valence-electron chi connectivity index (χ3n) is 15.5. The van der Waals surface area contributed by atoms with Crippen molar-refractivity contribution >= 4 is 29.1 Å². The highest BCUT2D eigenvalue weighted by molar-refractivity contribution is 5.91. The lowest BCUT2D eigenvalue weighted by Gasteiger charge is -2.24. The first-order chi connectivity index (χ1) is 40.7. The Labute approximate surface area is 492 Å². The number of esters is 3. The molecule has 0 aliphatic carbocycles. The van der Waals surface area contributed by atoms with Gasteiger partial charge in [0.15, 0.2) is 29.6 Å². The predicted molar refractivity (Wildman–Crippen MR) is 325 cm³/mol. The summed E-state index contributed by atoms with van der Waals surface area (Å²) in [4.78, 5) is 78.3. The molecule has 1 aliphatic rings. The Morgan fingerprint density at radius 3 is 1.20 bits per heavy atom. The molecule has 1 saturated heterocycles. The van der Waals surface area contributed by atoms with Crippen molar-refractivity contribution in [2.45, 2.75) is 238 Å². The van der Waals surface area contributed by atoms with Gasteiger partial charge in [-0.3, -0.25) is 9.78 Å². The van der Waals surface area contributed by atoms with E-state index in [0.717, 1.165) is 62.3 Å². The van der Waals surface area contributed by atoms with Crippen LogP contribution in [0.1, 0.15) is 251 Å². The van der Waals surface area contributed by atoms with Crippen LogP contribution in [-0.2, 0) is 18.9 Å². The monoisotopic (exact) mass is 1150 g/mol. The van der Waals surface area contributed by atoms with Crippen LogP contribution in [0.2, 0.25) is 0 Å². The normalized spacial score (nSPS) is 15.8. The fourth-order valence-electron chi connectivity index (χ4n) is 10.5. The molecule has 16 heteroatoms. The van der Waals surface area contributed by atoms with Crippen LogP contribution >= 0.6 is 0 Å². The summed E-state index contributed by atoms with van der Waals surface area (Å²) in [7, 11) is 0. The zero-order valence-corrected chi connectivity index (χ0v) is 50.1. The SMILES string of the molecule is CCCCCCCCCCCCOc1ccc(C(=O)OC[C@H]2O[C@@H](n3c(=O)[nH]c4c(=O)[nH]cnc43)[C@H](OC(=O)c3ccc(OCCCCCCCCCCCC)cc3)[C@@H]2OC(=O)c2ccc(OCCCCCCCCCCCC)cc2)cc1. The standard InChI is InChI=1S/C67H96N4O12/c1-4-7-10-13-16-19-22-25-28-31-46-77-54-40-34-51(35-41-54)64(73)80-49-57-59(82-65(74)52-36-42-55(43-37-52)78-47-32-29-26-23-20-17-14-11-8-5-2)60(63(81-57)71-61-58(70-67(71)76)62(72)69-50-68-61)83-66(75)53-38-44-56(45-39-53)79-48-33-30-27-24-21-18-15-12-9-6-3/h34-45,50,57,59-60,63H,4-33,46-49H2,1-3H3,(H,70,76)(H,68,69,72)/t57-,59-,60-,63-/m1/s1. The number of aromatic nitrogens is 4. The molecule has 6 rings (SSSR count). The molecule has 4 atom stereocenters. The molecular formula is C67H96N4O12. The summed E-state index contributed by atoms with van der Waals surface area (Å²) >= 11 is 0. The van der Waals surface area contributed by atoms with E-state index in [9.17, 15) is 24.0 Å². The maximum Gasteiger partial charge on any atom is 0.338 e. The second-order valence-corrected chi connectivity index (χ2v) is 22.3. The minimum absolute atomic E-state index is 0.111. The first kappa shape index (κ1) is 65.7. The van der Waals surface area contributed by atoms with E-state index in [1.807, 2.05) is 0 Å². The number of rotatable bonds is 44. The minimum Gasteiger partial charge on any atom is -0.494 e. The second kappa shape index (κ2) is 38.4. The van der Waals surface area contributed by atoms with Gasteiger partial charge in [0.1, 0.15) is 30.0 Å². The lowest BCUT2D eigenvalue weighted by atomic mass is 10.1. The molecule has 16 nitrogen and oxygen atoms in total. The van der Waals surface area contributed by atoms with Gasteiger partial charge in [-0.15, -0.1) is 0 Å². The maximum absolute atomic E-state index is 14.3. The highest BCUT2D eigenvalue weighted by Crippen LogP contribution is 2.36. The van der Waals surface area contributed by atoms with Crippen LogP contribution in [0.25, 0.3) is 11.2 Å². The van der Waals surface area contributed by atoms with Gasteiger partial charge in [-0.1, -0.05) is 194 Å². The van der Waals surface area contributed by atoms with Crippen LogP contribution < -0.4 is 25.5 Å². The van der Waals surface area contributed by atoms with Crippen LogP contribution in [0.15, 0.2) is 88.7 Å². The zero-order chi connectivity index (χ0) is 58.7. The molecule has 83 heavy (non-hydrogen) atoms. The van der Waals surface area contributed by atoms with Gasteiger partial charge in [-0.2, -0.15) is 0 Å². The summed E-state index contributed by atoms with van der Waals surface area (Å²) in [5.74, 6) is -0.566. The number of imidazole rings is 1. The molecule has 0 radical (unpaired) electrons. The fourth-order valence-corrected chi connectivity index (χ4v) is 10.5. The molecule has 0 spiro atoms. The molecule has 2 N–H and O–H groups in total. The summed E-state index contributed by atoms with van der Waals surface area (Å²) in [5.41, 5.74) is -1.19. The predicted octanol–water partition coefficient (Wildman–Crippen LogP) is 15.5. The van der Waals surface area contributed by atoms with Gasteiger partial charge < -0.3 is 38.1 Å². The van der Waals surface area contributed by atoms with Crippen molar-refractivity contribution in [3.8, 4) is 17.2 Å².